The van der Waals surface area contributed by atoms with Gasteiger partial charge in [0.05, 0.1) is 22.8 Å². The minimum Gasteiger partial charge on any atom is -0.341 e. The number of aryl methyl sites for hydroxylation is 1. The number of amides is 1. The van der Waals surface area contributed by atoms with Crippen molar-refractivity contribution in [3.05, 3.63) is 45.2 Å². The standard InChI is InChI=1S/C18H22Cl2N4O/c1-11-15(9-18(25)23(3)14-6-7-21-10-14)12(2)24(22-11)17-5-4-13(19)8-16(17)20/h4-5,8,14,21H,6-7,9-10H2,1-3H3. The van der Waals surface area contributed by atoms with E-state index >= 15 is 0 Å². The largest absolute Gasteiger partial charge is 0.341 e. The number of benzene rings is 1. The lowest BCUT2D eigenvalue weighted by atomic mass is 10.1. The van der Waals surface area contributed by atoms with Gasteiger partial charge in [-0.05, 0) is 45.0 Å². The molecule has 2 aromatic rings. The zero-order valence-electron chi connectivity index (χ0n) is 14.6. The third kappa shape index (κ3) is 3.68. The van der Waals surface area contributed by atoms with Crippen LogP contribution < -0.4 is 5.32 Å². The molecule has 0 bridgehead atoms. The minimum absolute atomic E-state index is 0.113. The molecule has 1 aliphatic rings. The van der Waals surface area contributed by atoms with E-state index in [0.29, 0.717) is 16.5 Å². The zero-order valence-corrected chi connectivity index (χ0v) is 16.2. The first-order valence-electron chi connectivity index (χ1n) is 8.35. The van der Waals surface area contributed by atoms with Gasteiger partial charge in [0, 0.05) is 35.9 Å². The van der Waals surface area contributed by atoms with Gasteiger partial charge in [-0.25, -0.2) is 4.68 Å². The summed E-state index contributed by atoms with van der Waals surface area (Å²) in [5, 5.41) is 9.00. The fourth-order valence-electron chi connectivity index (χ4n) is 3.27. The van der Waals surface area contributed by atoms with Crippen molar-refractivity contribution in [3.8, 4) is 5.69 Å². The van der Waals surface area contributed by atoms with Crippen molar-refractivity contribution >= 4 is 29.1 Å². The van der Waals surface area contributed by atoms with Crippen molar-refractivity contribution in [1.29, 1.82) is 0 Å². The van der Waals surface area contributed by atoms with Gasteiger partial charge in [-0.2, -0.15) is 5.10 Å². The van der Waals surface area contributed by atoms with Crippen molar-refractivity contribution in [2.45, 2.75) is 32.7 Å². The van der Waals surface area contributed by atoms with Crippen LogP contribution in [0.3, 0.4) is 0 Å². The fourth-order valence-corrected chi connectivity index (χ4v) is 3.76. The molecule has 1 aromatic carbocycles. The Balaban J connectivity index is 1.85. The number of hydrogen-bond donors (Lipinski definition) is 1. The van der Waals surface area contributed by atoms with Crippen molar-refractivity contribution < 1.29 is 4.79 Å². The Labute approximate surface area is 157 Å². The van der Waals surface area contributed by atoms with Gasteiger partial charge >= 0.3 is 0 Å². The average Bonchev–Trinajstić information content (AvgIpc) is 3.18. The van der Waals surface area contributed by atoms with Gasteiger partial charge < -0.3 is 10.2 Å². The Morgan fingerprint density at radius 1 is 1.40 bits per heavy atom. The van der Waals surface area contributed by atoms with Crippen LogP contribution in [0.2, 0.25) is 10.0 Å². The maximum atomic E-state index is 12.7. The van der Waals surface area contributed by atoms with E-state index in [2.05, 4.69) is 10.4 Å². The van der Waals surface area contributed by atoms with Crippen LogP contribution >= 0.6 is 23.2 Å². The first kappa shape index (κ1) is 18.2. The van der Waals surface area contributed by atoms with E-state index in [1.165, 1.54) is 0 Å². The molecule has 1 atom stereocenters. The SMILES string of the molecule is Cc1nn(-c2ccc(Cl)cc2Cl)c(C)c1CC(=O)N(C)C1CCNC1. The molecule has 0 spiro atoms. The topological polar surface area (TPSA) is 50.2 Å². The van der Waals surface area contributed by atoms with E-state index in [9.17, 15) is 4.79 Å². The molecule has 7 heteroatoms. The molecule has 3 rings (SSSR count). The number of carbonyl (C=O) groups is 1. The molecule has 0 aliphatic carbocycles. The van der Waals surface area contributed by atoms with E-state index in [4.69, 9.17) is 23.2 Å². The molecule has 0 radical (unpaired) electrons. The second kappa shape index (κ2) is 7.36. The average molecular weight is 381 g/mol. The second-order valence-corrected chi connectivity index (χ2v) is 7.33. The molecule has 1 saturated heterocycles. The number of nitrogens with one attached hydrogen (secondary N) is 1. The van der Waals surface area contributed by atoms with Crippen LogP contribution in [-0.4, -0.2) is 46.8 Å². The highest BCUT2D eigenvalue weighted by Gasteiger charge is 2.25. The van der Waals surface area contributed by atoms with Gasteiger partial charge in [0.1, 0.15) is 0 Å². The van der Waals surface area contributed by atoms with Crippen LogP contribution in [0.4, 0.5) is 0 Å². The highest BCUT2D eigenvalue weighted by Crippen LogP contribution is 2.27. The number of aromatic nitrogens is 2. The predicted octanol–water partition coefficient (Wildman–Crippen LogP) is 3.16. The highest BCUT2D eigenvalue weighted by molar-refractivity contribution is 6.35. The number of hydrogen-bond acceptors (Lipinski definition) is 3. The Kier molecular flexibility index (Phi) is 5.37. The third-order valence-electron chi connectivity index (χ3n) is 4.88. The molecule has 1 N–H and O–H groups in total. The summed E-state index contributed by atoms with van der Waals surface area (Å²) in [6, 6.07) is 5.59. The lowest BCUT2D eigenvalue weighted by molar-refractivity contribution is -0.130. The summed E-state index contributed by atoms with van der Waals surface area (Å²) in [4.78, 5) is 14.5. The van der Waals surface area contributed by atoms with Crippen LogP contribution in [0.5, 0.6) is 0 Å². The molecular weight excluding hydrogens is 359 g/mol. The monoisotopic (exact) mass is 380 g/mol. The molecule has 134 valence electrons. The number of likely N-dealkylation sites (N-methyl/N-ethyl adjacent to an activating group) is 1. The predicted molar refractivity (Wildman–Crippen MR) is 101 cm³/mol. The van der Waals surface area contributed by atoms with E-state index in [1.807, 2.05) is 31.9 Å². The maximum Gasteiger partial charge on any atom is 0.227 e. The molecule has 1 unspecified atom stereocenters. The molecule has 0 saturated carbocycles. The molecule has 1 aromatic heterocycles. The normalized spacial score (nSPS) is 17.1. The number of halogens is 2. The van der Waals surface area contributed by atoms with Gasteiger partial charge in [-0.3, -0.25) is 4.79 Å². The lowest BCUT2D eigenvalue weighted by Gasteiger charge is -2.23. The summed E-state index contributed by atoms with van der Waals surface area (Å²) in [5.41, 5.74) is 3.48. The van der Waals surface area contributed by atoms with Gasteiger partial charge in [-0.1, -0.05) is 23.2 Å². The minimum atomic E-state index is 0.113. The van der Waals surface area contributed by atoms with Gasteiger partial charge in [0.25, 0.3) is 0 Å². The molecule has 1 fully saturated rings. The maximum absolute atomic E-state index is 12.7. The summed E-state index contributed by atoms with van der Waals surface area (Å²) < 4.78 is 1.79. The summed E-state index contributed by atoms with van der Waals surface area (Å²) in [6.45, 7) is 5.71. The molecule has 25 heavy (non-hydrogen) atoms. The fraction of sp³-hybridized carbons (Fsp3) is 0.444. The molecular formula is C18H22Cl2N4O. The van der Waals surface area contributed by atoms with Crippen LogP contribution in [-0.2, 0) is 11.2 Å². The van der Waals surface area contributed by atoms with Crippen molar-refractivity contribution in [2.75, 3.05) is 20.1 Å². The van der Waals surface area contributed by atoms with Gasteiger partial charge in [0.2, 0.25) is 5.91 Å². The van der Waals surface area contributed by atoms with Crippen molar-refractivity contribution in [1.82, 2.24) is 20.0 Å². The van der Waals surface area contributed by atoms with E-state index in [0.717, 1.165) is 42.1 Å². The quantitative estimate of drug-likeness (QED) is 0.885. The first-order chi connectivity index (χ1) is 11.9. The van der Waals surface area contributed by atoms with Gasteiger partial charge in [0.15, 0.2) is 0 Å². The lowest BCUT2D eigenvalue weighted by Crippen LogP contribution is -2.39. The van der Waals surface area contributed by atoms with Gasteiger partial charge in [-0.15, -0.1) is 0 Å². The smallest absolute Gasteiger partial charge is 0.227 e. The Morgan fingerprint density at radius 3 is 2.80 bits per heavy atom. The Hall–Kier alpha value is -1.56. The Bertz CT molecular complexity index is 797. The van der Waals surface area contributed by atoms with E-state index in [1.54, 1.807) is 16.8 Å². The van der Waals surface area contributed by atoms with Crippen molar-refractivity contribution in [2.24, 2.45) is 0 Å². The second-order valence-electron chi connectivity index (χ2n) is 6.48. The van der Waals surface area contributed by atoms with Crippen molar-refractivity contribution in [3.63, 3.8) is 0 Å². The number of nitrogens with zero attached hydrogens (tertiary/aromatic N) is 3. The first-order valence-corrected chi connectivity index (χ1v) is 9.11. The van der Waals surface area contributed by atoms with Crippen LogP contribution in [0.15, 0.2) is 18.2 Å². The summed E-state index contributed by atoms with van der Waals surface area (Å²) >= 11 is 12.3. The zero-order chi connectivity index (χ0) is 18.1. The highest BCUT2D eigenvalue weighted by atomic mass is 35.5. The van der Waals surface area contributed by atoms with E-state index in [-0.39, 0.29) is 11.9 Å². The number of rotatable bonds is 4. The molecule has 1 amide bonds. The van der Waals surface area contributed by atoms with Crippen LogP contribution in [0, 0.1) is 13.8 Å². The van der Waals surface area contributed by atoms with Crippen LogP contribution in [0.1, 0.15) is 23.4 Å². The number of carbonyl (C=O) groups excluding carboxylic acids is 1. The Morgan fingerprint density at radius 2 is 2.16 bits per heavy atom. The third-order valence-corrected chi connectivity index (χ3v) is 5.42. The van der Waals surface area contributed by atoms with E-state index < -0.39 is 0 Å². The molecule has 5 nitrogen and oxygen atoms in total. The summed E-state index contributed by atoms with van der Waals surface area (Å²) in [7, 11) is 1.88. The summed E-state index contributed by atoms with van der Waals surface area (Å²) in [6.07, 6.45) is 1.34. The molecule has 2 heterocycles. The summed E-state index contributed by atoms with van der Waals surface area (Å²) in [5.74, 6) is 0.113. The molecule has 1 aliphatic heterocycles. The van der Waals surface area contributed by atoms with Crippen LogP contribution in [0.25, 0.3) is 5.69 Å².